The summed E-state index contributed by atoms with van der Waals surface area (Å²) in [6.07, 6.45) is 8.85. The number of benzene rings is 1. The molecule has 0 spiro atoms. The summed E-state index contributed by atoms with van der Waals surface area (Å²) in [4.78, 5) is 22.2. The van der Waals surface area contributed by atoms with Crippen LogP contribution in [0.5, 0.6) is 0 Å². The molecule has 0 aliphatic heterocycles. The number of nitrogens with one attached hydrogen (secondary N) is 1. The molecule has 2 aromatic rings. The van der Waals surface area contributed by atoms with Crippen molar-refractivity contribution in [2.24, 2.45) is 5.92 Å². The van der Waals surface area contributed by atoms with Crippen LogP contribution in [0.3, 0.4) is 0 Å². The van der Waals surface area contributed by atoms with Gasteiger partial charge in [-0.25, -0.2) is 0 Å². The largest absolute Gasteiger partial charge is 0.356 e. The quantitative estimate of drug-likeness (QED) is 0.475. The molecule has 7 heteroatoms. The Hall–Kier alpha value is -2.70. The number of aromatic nitrogens is 2. The molecule has 1 amide bonds. The number of carbonyl (C=O) groups is 1. The molecule has 132 valence electrons. The molecule has 1 heterocycles. The summed E-state index contributed by atoms with van der Waals surface area (Å²) in [5, 5.41) is 18.0. The first-order valence-corrected chi connectivity index (χ1v) is 8.68. The molecule has 0 saturated heterocycles. The second kappa shape index (κ2) is 7.92. The standard InChI is InChI=1S/C18H22N4O3/c23-18(15-4-1-2-5-15)19-10-3-11-21-13-16(12-20-21)14-6-8-17(9-7-14)22(24)25/h6-9,12-13,15H,1-5,10-11H2,(H,19,23). The zero-order chi connectivity index (χ0) is 17.6. The Morgan fingerprint density at radius 2 is 1.96 bits per heavy atom. The van der Waals surface area contributed by atoms with Crippen LogP contribution in [0.15, 0.2) is 36.7 Å². The van der Waals surface area contributed by atoms with Crippen LogP contribution in [0.1, 0.15) is 32.1 Å². The lowest BCUT2D eigenvalue weighted by molar-refractivity contribution is -0.384. The van der Waals surface area contributed by atoms with Crippen molar-refractivity contribution in [3.05, 3.63) is 46.8 Å². The highest BCUT2D eigenvalue weighted by Gasteiger charge is 2.21. The van der Waals surface area contributed by atoms with Crippen molar-refractivity contribution in [3.8, 4) is 11.1 Å². The zero-order valence-electron chi connectivity index (χ0n) is 14.1. The van der Waals surface area contributed by atoms with E-state index in [1.807, 2.05) is 10.9 Å². The van der Waals surface area contributed by atoms with Crippen LogP contribution in [0, 0.1) is 16.0 Å². The van der Waals surface area contributed by atoms with Gasteiger partial charge in [-0.3, -0.25) is 19.6 Å². The number of rotatable bonds is 7. The lowest BCUT2D eigenvalue weighted by atomic mass is 10.1. The monoisotopic (exact) mass is 342 g/mol. The fourth-order valence-corrected chi connectivity index (χ4v) is 3.20. The van der Waals surface area contributed by atoms with E-state index in [1.165, 1.54) is 12.1 Å². The molecule has 7 nitrogen and oxygen atoms in total. The predicted molar refractivity (Wildman–Crippen MR) is 93.9 cm³/mol. The molecule has 0 bridgehead atoms. The number of carbonyl (C=O) groups excluding carboxylic acids is 1. The molecule has 0 radical (unpaired) electrons. The van der Waals surface area contributed by atoms with Gasteiger partial charge in [-0.2, -0.15) is 5.10 Å². The Labute approximate surface area is 146 Å². The average molecular weight is 342 g/mol. The van der Waals surface area contributed by atoms with E-state index in [2.05, 4.69) is 10.4 Å². The van der Waals surface area contributed by atoms with E-state index < -0.39 is 4.92 Å². The molecule has 1 saturated carbocycles. The van der Waals surface area contributed by atoms with Crippen LogP contribution >= 0.6 is 0 Å². The molecule has 1 aromatic carbocycles. The second-order valence-corrected chi connectivity index (χ2v) is 6.42. The summed E-state index contributed by atoms with van der Waals surface area (Å²) in [6, 6.07) is 6.43. The van der Waals surface area contributed by atoms with Gasteiger partial charge in [-0.05, 0) is 37.0 Å². The third kappa shape index (κ3) is 4.43. The Balaban J connectivity index is 1.46. The smallest absolute Gasteiger partial charge is 0.269 e. The van der Waals surface area contributed by atoms with Crippen molar-refractivity contribution < 1.29 is 9.72 Å². The minimum Gasteiger partial charge on any atom is -0.356 e. The van der Waals surface area contributed by atoms with E-state index in [0.29, 0.717) is 6.54 Å². The topological polar surface area (TPSA) is 90.1 Å². The van der Waals surface area contributed by atoms with Crippen LogP contribution in [0.2, 0.25) is 0 Å². The van der Waals surface area contributed by atoms with Crippen molar-refractivity contribution >= 4 is 11.6 Å². The number of nitro groups is 1. The summed E-state index contributed by atoms with van der Waals surface area (Å²) in [5.74, 6) is 0.392. The Bertz CT molecular complexity index is 733. The van der Waals surface area contributed by atoms with E-state index in [1.54, 1.807) is 18.3 Å². The zero-order valence-corrected chi connectivity index (χ0v) is 14.1. The average Bonchev–Trinajstić information content (AvgIpc) is 3.30. The Kier molecular flexibility index (Phi) is 5.42. The maximum absolute atomic E-state index is 11.9. The summed E-state index contributed by atoms with van der Waals surface area (Å²) in [7, 11) is 0. The van der Waals surface area contributed by atoms with Gasteiger partial charge in [0.1, 0.15) is 0 Å². The summed E-state index contributed by atoms with van der Waals surface area (Å²) < 4.78 is 1.83. The minimum absolute atomic E-state index is 0.0779. The Morgan fingerprint density at radius 3 is 2.64 bits per heavy atom. The number of hydrogen-bond acceptors (Lipinski definition) is 4. The highest BCUT2D eigenvalue weighted by molar-refractivity contribution is 5.78. The van der Waals surface area contributed by atoms with Gasteiger partial charge in [0.15, 0.2) is 0 Å². The van der Waals surface area contributed by atoms with E-state index in [4.69, 9.17) is 0 Å². The number of nitro benzene ring substituents is 1. The van der Waals surface area contributed by atoms with Gasteiger partial charge in [0, 0.05) is 42.9 Å². The molecular formula is C18H22N4O3. The summed E-state index contributed by atoms with van der Waals surface area (Å²) in [6.45, 7) is 1.37. The first-order valence-electron chi connectivity index (χ1n) is 8.68. The molecule has 3 rings (SSSR count). The van der Waals surface area contributed by atoms with Gasteiger partial charge >= 0.3 is 0 Å². The number of nitrogens with zero attached hydrogens (tertiary/aromatic N) is 3. The normalized spacial score (nSPS) is 14.6. The maximum Gasteiger partial charge on any atom is 0.269 e. The number of non-ortho nitro benzene ring substituents is 1. The van der Waals surface area contributed by atoms with E-state index >= 15 is 0 Å². The molecule has 0 atom stereocenters. The molecular weight excluding hydrogens is 320 g/mol. The first kappa shape index (κ1) is 17.1. The van der Waals surface area contributed by atoms with E-state index in [9.17, 15) is 14.9 Å². The summed E-state index contributed by atoms with van der Waals surface area (Å²) in [5.41, 5.74) is 1.89. The number of hydrogen-bond donors (Lipinski definition) is 1. The second-order valence-electron chi connectivity index (χ2n) is 6.42. The van der Waals surface area contributed by atoms with Gasteiger partial charge in [0.05, 0.1) is 11.1 Å². The lowest BCUT2D eigenvalue weighted by Crippen LogP contribution is -2.30. The van der Waals surface area contributed by atoms with Crippen LogP contribution < -0.4 is 5.32 Å². The van der Waals surface area contributed by atoms with Crippen LogP contribution in [-0.4, -0.2) is 27.2 Å². The van der Waals surface area contributed by atoms with Crippen molar-refractivity contribution in [1.82, 2.24) is 15.1 Å². The molecule has 1 aliphatic rings. The van der Waals surface area contributed by atoms with Crippen molar-refractivity contribution in [2.75, 3.05) is 6.54 Å². The highest BCUT2D eigenvalue weighted by atomic mass is 16.6. The summed E-state index contributed by atoms with van der Waals surface area (Å²) >= 11 is 0. The molecule has 1 aromatic heterocycles. The molecule has 0 unspecified atom stereocenters. The molecule has 1 N–H and O–H groups in total. The van der Waals surface area contributed by atoms with Gasteiger partial charge in [-0.15, -0.1) is 0 Å². The van der Waals surface area contributed by atoms with Crippen LogP contribution in [0.25, 0.3) is 11.1 Å². The van der Waals surface area contributed by atoms with Gasteiger partial charge < -0.3 is 5.32 Å². The lowest BCUT2D eigenvalue weighted by Gasteiger charge is -2.10. The third-order valence-electron chi connectivity index (χ3n) is 4.63. The minimum atomic E-state index is -0.410. The van der Waals surface area contributed by atoms with E-state index in [-0.39, 0.29) is 17.5 Å². The van der Waals surface area contributed by atoms with E-state index in [0.717, 1.165) is 49.8 Å². The van der Waals surface area contributed by atoms with Crippen molar-refractivity contribution in [2.45, 2.75) is 38.6 Å². The van der Waals surface area contributed by atoms with Gasteiger partial charge in [0.25, 0.3) is 5.69 Å². The third-order valence-corrected chi connectivity index (χ3v) is 4.63. The van der Waals surface area contributed by atoms with Gasteiger partial charge in [-0.1, -0.05) is 12.8 Å². The fourth-order valence-electron chi connectivity index (χ4n) is 3.20. The first-order chi connectivity index (χ1) is 12.1. The van der Waals surface area contributed by atoms with Crippen molar-refractivity contribution in [3.63, 3.8) is 0 Å². The van der Waals surface area contributed by atoms with Crippen LogP contribution in [-0.2, 0) is 11.3 Å². The number of aryl methyl sites for hydroxylation is 1. The van der Waals surface area contributed by atoms with Crippen LogP contribution in [0.4, 0.5) is 5.69 Å². The fraction of sp³-hybridized carbons (Fsp3) is 0.444. The number of amides is 1. The maximum atomic E-state index is 11.9. The van der Waals surface area contributed by atoms with Crippen molar-refractivity contribution in [1.29, 1.82) is 0 Å². The molecule has 1 aliphatic carbocycles. The molecule has 25 heavy (non-hydrogen) atoms. The highest BCUT2D eigenvalue weighted by Crippen LogP contribution is 2.24. The SMILES string of the molecule is O=C(NCCCn1cc(-c2ccc([N+](=O)[O-])cc2)cn1)C1CCCC1. The van der Waals surface area contributed by atoms with Gasteiger partial charge in [0.2, 0.25) is 5.91 Å². The Morgan fingerprint density at radius 1 is 1.24 bits per heavy atom. The molecule has 1 fully saturated rings. The predicted octanol–water partition coefficient (Wildman–Crippen LogP) is 3.15.